The minimum atomic E-state index is -1.25. The lowest BCUT2D eigenvalue weighted by molar-refractivity contribution is -0.155. The first kappa shape index (κ1) is 23.3. The first-order valence-corrected chi connectivity index (χ1v) is 10.9. The van der Waals surface area contributed by atoms with Gasteiger partial charge in [0.1, 0.15) is 12.4 Å². The Balaban J connectivity index is 1.63. The van der Waals surface area contributed by atoms with Crippen molar-refractivity contribution in [2.75, 3.05) is 6.61 Å². The average molecular weight is 440 g/mol. The number of carbonyl (C=O) groups is 2. The number of ether oxygens (including phenoxy) is 2. The molecule has 0 saturated heterocycles. The van der Waals surface area contributed by atoms with E-state index in [1.807, 2.05) is 54.6 Å². The van der Waals surface area contributed by atoms with Crippen molar-refractivity contribution in [1.29, 1.82) is 0 Å². The van der Waals surface area contributed by atoms with Gasteiger partial charge in [0, 0.05) is 12.0 Å². The highest BCUT2D eigenvalue weighted by Crippen LogP contribution is 2.34. The Hall–Kier alpha value is -3.35. The summed E-state index contributed by atoms with van der Waals surface area (Å²) in [6, 6.07) is 17.2. The van der Waals surface area contributed by atoms with Crippen molar-refractivity contribution in [2.24, 2.45) is 5.16 Å². The number of aliphatic carboxylic acids is 1. The van der Waals surface area contributed by atoms with E-state index in [9.17, 15) is 14.7 Å². The molecule has 1 N–H and O–H groups in total. The summed E-state index contributed by atoms with van der Waals surface area (Å²) in [6.45, 7) is 2.82. The number of hydrogen-bond donors (Lipinski definition) is 1. The third-order valence-electron chi connectivity index (χ3n) is 5.21. The molecule has 0 amide bonds. The van der Waals surface area contributed by atoms with E-state index in [1.54, 1.807) is 0 Å². The van der Waals surface area contributed by atoms with Crippen LogP contribution in [0.5, 0.6) is 5.75 Å². The number of nitrogens with zero attached hydrogens (tertiary/aromatic N) is 1. The lowest BCUT2D eigenvalue weighted by atomic mass is 9.88. The number of carboxylic acids is 1. The highest BCUT2D eigenvalue weighted by Gasteiger charge is 2.44. The standard InChI is InChI=1S/C25H29NO6/c1-2-3-7-13-30-24(29)17-25(16-23(27)28)15-22(26-32-25)20-11-8-12-21(14-20)31-18-19-9-5-4-6-10-19/h4-6,8-12,14H,2-3,7,13,15-18H2,1H3,(H,27,28). The van der Waals surface area contributed by atoms with E-state index in [1.165, 1.54) is 0 Å². The summed E-state index contributed by atoms with van der Waals surface area (Å²) in [4.78, 5) is 29.3. The number of carbonyl (C=O) groups excluding carboxylic acids is 1. The average Bonchev–Trinajstić information content (AvgIpc) is 3.19. The van der Waals surface area contributed by atoms with Crippen molar-refractivity contribution in [3.05, 3.63) is 65.7 Å². The molecule has 170 valence electrons. The summed E-state index contributed by atoms with van der Waals surface area (Å²) in [5.41, 5.74) is 1.15. The first-order chi connectivity index (χ1) is 15.5. The van der Waals surface area contributed by atoms with Gasteiger partial charge < -0.3 is 19.4 Å². The monoisotopic (exact) mass is 439 g/mol. The predicted octanol–water partition coefficient (Wildman–Crippen LogP) is 4.73. The van der Waals surface area contributed by atoms with Crippen molar-refractivity contribution in [3.63, 3.8) is 0 Å². The van der Waals surface area contributed by atoms with E-state index in [-0.39, 0.29) is 19.3 Å². The van der Waals surface area contributed by atoms with Crippen LogP contribution in [0.4, 0.5) is 0 Å². The van der Waals surface area contributed by atoms with Crippen molar-refractivity contribution < 1.29 is 29.0 Å². The Morgan fingerprint density at radius 3 is 2.66 bits per heavy atom. The third kappa shape index (κ3) is 6.83. The molecule has 0 spiro atoms. The minimum absolute atomic E-state index is 0.164. The van der Waals surface area contributed by atoms with E-state index in [0.717, 1.165) is 30.4 Å². The first-order valence-electron chi connectivity index (χ1n) is 10.9. The Morgan fingerprint density at radius 2 is 1.91 bits per heavy atom. The van der Waals surface area contributed by atoms with Gasteiger partial charge in [-0.2, -0.15) is 0 Å². The van der Waals surface area contributed by atoms with Gasteiger partial charge in [-0.25, -0.2) is 0 Å². The molecule has 1 heterocycles. The number of esters is 1. The molecule has 0 fully saturated rings. The van der Waals surface area contributed by atoms with Gasteiger partial charge in [-0.1, -0.05) is 67.4 Å². The van der Waals surface area contributed by atoms with Crippen LogP contribution in [0, 0.1) is 0 Å². The van der Waals surface area contributed by atoms with Crippen molar-refractivity contribution in [1.82, 2.24) is 0 Å². The Morgan fingerprint density at radius 1 is 1.09 bits per heavy atom. The number of oxime groups is 1. The van der Waals surface area contributed by atoms with Crippen LogP contribution in [0.1, 0.15) is 56.6 Å². The van der Waals surface area contributed by atoms with Crippen molar-refractivity contribution in [3.8, 4) is 5.75 Å². The third-order valence-corrected chi connectivity index (χ3v) is 5.21. The SMILES string of the molecule is CCCCCOC(=O)CC1(CC(=O)O)CC(c2cccc(OCc3ccccc3)c2)=NO1. The van der Waals surface area contributed by atoms with Gasteiger partial charge in [-0.15, -0.1) is 0 Å². The number of unbranched alkanes of at least 4 members (excludes halogenated alkanes) is 2. The molecule has 7 nitrogen and oxygen atoms in total. The Labute approximate surface area is 188 Å². The van der Waals surface area contributed by atoms with E-state index >= 15 is 0 Å². The number of hydrogen-bond acceptors (Lipinski definition) is 6. The molecule has 1 aliphatic rings. The molecule has 3 rings (SSSR count). The van der Waals surface area contributed by atoms with Crippen molar-refractivity contribution >= 4 is 17.7 Å². The molecule has 0 radical (unpaired) electrons. The second-order valence-corrected chi connectivity index (χ2v) is 7.97. The zero-order chi connectivity index (χ0) is 22.8. The minimum Gasteiger partial charge on any atom is -0.489 e. The van der Waals surface area contributed by atoms with Crippen LogP contribution in [0.25, 0.3) is 0 Å². The molecule has 0 aromatic heterocycles. The van der Waals surface area contributed by atoms with Gasteiger partial charge in [0.05, 0.1) is 25.2 Å². The molecule has 0 saturated carbocycles. The van der Waals surface area contributed by atoms with Gasteiger partial charge in [0.2, 0.25) is 0 Å². The van der Waals surface area contributed by atoms with Crippen LogP contribution < -0.4 is 4.74 Å². The molecule has 2 aromatic carbocycles. The Kier molecular flexibility index (Phi) is 8.25. The quantitative estimate of drug-likeness (QED) is 0.380. The van der Waals surface area contributed by atoms with Gasteiger partial charge in [0.25, 0.3) is 0 Å². The smallest absolute Gasteiger partial charge is 0.309 e. The maximum atomic E-state index is 12.3. The van der Waals surface area contributed by atoms with E-state index in [2.05, 4.69) is 12.1 Å². The summed E-state index contributed by atoms with van der Waals surface area (Å²) < 4.78 is 11.1. The fraction of sp³-hybridized carbons (Fsp3) is 0.400. The topological polar surface area (TPSA) is 94.4 Å². The van der Waals surface area contributed by atoms with Gasteiger partial charge >= 0.3 is 11.9 Å². The summed E-state index contributed by atoms with van der Waals surface area (Å²) in [5, 5.41) is 13.5. The molecule has 7 heteroatoms. The summed E-state index contributed by atoms with van der Waals surface area (Å²) in [6.07, 6.45) is 2.48. The van der Waals surface area contributed by atoms with Crippen LogP contribution in [-0.4, -0.2) is 35.0 Å². The summed E-state index contributed by atoms with van der Waals surface area (Å²) >= 11 is 0. The fourth-order valence-corrected chi connectivity index (χ4v) is 3.56. The lowest BCUT2D eigenvalue weighted by Gasteiger charge is -2.23. The van der Waals surface area contributed by atoms with Gasteiger partial charge in [-0.3, -0.25) is 9.59 Å². The van der Waals surface area contributed by atoms with Gasteiger partial charge in [-0.05, 0) is 24.1 Å². The number of carboxylic acid groups (broad SMARTS) is 1. The fourth-order valence-electron chi connectivity index (χ4n) is 3.56. The highest BCUT2D eigenvalue weighted by atomic mass is 16.7. The highest BCUT2D eigenvalue weighted by molar-refractivity contribution is 6.02. The molecule has 1 unspecified atom stereocenters. The maximum Gasteiger partial charge on any atom is 0.309 e. The largest absolute Gasteiger partial charge is 0.489 e. The van der Waals surface area contributed by atoms with Crippen molar-refractivity contribution in [2.45, 2.75) is 57.7 Å². The normalized spacial score (nSPS) is 17.3. The number of rotatable bonds is 12. The molecule has 1 atom stereocenters. The van der Waals surface area contributed by atoms with E-state index in [0.29, 0.717) is 24.7 Å². The van der Waals surface area contributed by atoms with Crippen LogP contribution in [0.3, 0.4) is 0 Å². The molecular formula is C25H29NO6. The zero-order valence-electron chi connectivity index (χ0n) is 18.3. The maximum absolute atomic E-state index is 12.3. The second-order valence-electron chi connectivity index (χ2n) is 7.97. The molecular weight excluding hydrogens is 410 g/mol. The molecule has 2 aromatic rings. The van der Waals surface area contributed by atoms with Gasteiger partial charge in [0.15, 0.2) is 5.60 Å². The molecule has 0 bridgehead atoms. The van der Waals surface area contributed by atoms with Crippen LogP contribution in [0.15, 0.2) is 59.8 Å². The molecule has 0 aliphatic carbocycles. The summed E-state index contributed by atoms with van der Waals surface area (Å²) in [7, 11) is 0. The van der Waals surface area contributed by atoms with E-state index < -0.39 is 17.5 Å². The number of benzene rings is 2. The molecule has 1 aliphatic heterocycles. The molecule has 32 heavy (non-hydrogen) atoms. The zero-order valence-corrected chi connectivity index (χ0v) is 18.3. The van der Waals surface area contributed by atoms with E-state index in [4.69, 9.17) is 14.3 Å². The lowest BCUT2D eigenvalue weighted by Crippen LogP contribution is -2.35. The van der Waals surface area contributed by atoms with Crippen LogP contribution >= 0.6 is 0 Å². The summed E-state index contributed by atoms with van der Waals surface area (Å²) in [5.74, 6) is -0.862. The van der Waals surface area contributed by atoms with Crippen LogP contribution in [0.2, 0.25) is 0 Å². The predicted molar refractivity (Wildman–Crippen MR) is 120 cm³/mol. The Bertz CT molecular complexity index is 942. The van der Waals surface area contributed by atoms with Crippen LogP contribution in [-0.2, 0) is 25.8 Å². The second kappa shape index (κ2) is 11.3.